The summed E-state index contributed by atoms with van der Waals surface area (Å²) in [7, 11) is 0. The van der Waals surface area contributed by atoms with Gasteiger partial charge in [0.25, 0.3) is 0 Å². The van der Waals surface area contributed by atoms with E-state index in [0.717, 1.165) is 12.2 Å². The maximum Gasteiger partial charge on any atom is 0.137 e. The Morgan fingerprint density at radius 1 is 1.07 bits per heavy atom. The summed E-state index contributed by atoms with van der Waals surface area (Å²) in [5.74, 6) is 0.469. The highest BCUT2D eigenvalue weighted by Crippen LogP contribution is 2.35. The lowest BCUT2D eigenvalue weighted by Crippen LogP contribution is -2.13. The number of hydrogen-bond donors (Lipinski definition) is 2. The van der Waals surface area contributed by atoms with Crippen molar-refractivity contribution in [3.05, 3.63) is 60.2 Å². The zero-order chi connectivity index (χ0) is 18.4. The molecule has 0 spiro atoms. The van der Waals surface area contributed by atoms with E-state index in [1.165, 1.54) is 51.3 Å². The molecule has 0 radical (unpaired) electrons. The second-order valence-corrected chi connectivity index (χ2v) is 7.83. The van der Waals surface area contributed by atoms with E-state index in [-0.39, 0.29) is 0 Å². The number of fused-ring (bicyclic) bond motifs is 2. The van der Waals surface area contributed by atoms with Crippen molar-refractivity contribution in [2.75, 3.05) is 6.54 Å². The molecule has 1 aliphatic rings. The third kappa shape index (κ3) is 2.81. The van der Waals surface area contributed by atoms with Crippen LogP contribution in [0.25, 0.3) is 32.9 Å². The molecule has 3 aromatic heterocycles. The molecule has 27 heavy (non-hydrogen) atoms. The first-order chi connectivity index (χ1) is 13.2. The number of pyridine rings is 2. The standard InChI is InChI=1S/C23H24N4/c1-14(2)20-13-27-23-19(20)10-17(11-26-23)16-8-15-5-7-24-12-21(15)18(9-16)22-4-3-6-25-22/h5,7-14,22,25H,3-4,6H2,1-2H3,(H,26,27)/t22-/m1/s1. The largest absolute Gasteiger partial charge is 0.346 e. The van der Waals surface area contributed by atoms with Gasteiger partial charge in [0.2, 0.25) is 0 Å². The summed E-state index contributed by atoms with van der Waals surface area (Å²) in [6, 6.07) is 9.39. The Bertz CT molecular complexity index is 1120. The van der Waals surface area contributed by atoms with E-state index in [0.29, 0.717) is 12.0 Å². The molecule has 1 atom stereocenters. The molecule has 136 valence electrons. The maximum atomic E-state index is 4.68. The lowest BCUT2D eigenvalue weighted by Gasteiger charge is -2.16. The SMILES string of the molecule is CC(C)c1c[nH]c2ncc(-c3cc([C@H]4CCCN4)c4cnccc4c3)cc12. The molecule has 1 aromatic carbocycles. The van der Waals surface area contributed by atoms with E-state index in [2.05, 4.69) is 64.6 Å². The van der Waals surface area contributed by atoms with Crippen LogP contribution in [0.3, 0.4) is 0 Å². The van der Waals surface area contributed by atoms with Gasteiger partial charge < -0.3 is 10.3 Å². The zero-order valence-corrected chi connectivity index (χ0v) is 15.8. The van der Waals surface area contributed by atoms with Crippen molar-refractivity contribution in [1.82, 2.24) is 20.3 Å². The van der Waals surface area contributed by atoms with Crippen LogP contribution in [0.4, 0.5) is 0 Å². The van der Waals surface area contributed by atoms with Crippen LogP contribution in [-0.4, -0.2) is 21.5 Å². The smallest absolute Gasteiger partial charge is 0.137 e. The summed E-state index contributed by atoms with van der Waals surface area (Å²) < 4.78 is 0. The third-order valence-electron chi connectivity index (χ3n) is 5.74. The van der Waals surface area contributed by atoms with Gasteiger partial charge >= 0.3 is 0 Å². The van der Waals surface area contributed by atoms with E-state index >= 15 is 0 Å². The number of nitrogens with one attached hydrogen (secondary N) is 2. The monoisotopic (exact) mass is 356 g/mol. The fraction of sp³-hybridized carbons (Fsp3) is 0.304. The highest BCUT2D eigenvalue weighted by atomic mass is 14.9. The van der Waals surface area contributed by atoms with Gasteiger partial charge in [-0.1, -0.05) is 13.8 Å². The highest BCUT2D eigenvalue weighted by Gasteiger charge is 2.20. The Morgan fingerprint density at radius 2 is 2.00 bits per heavy atom. The number of nitrogens with zero attached hydrogens (tertiary/aromatic N) is 2. The van der Waals surface area contributed by atoms with Crippen LogP contribution in [0.1, 0.15) is 49.8 Å². The predicted octanol–water partition coefficient (Wildman–Crippen LogP) is 5.33. The van der Waals surface area contributed by atoms with Gasteiger partial charge in [-0.05, 0) is 71.6 Å². The van der Waals surface area contributed by atoms with Gasteiger partial charge in [0.05, 0.1) is 0 Å². The van der Waals surface area contributed by atoms with Crippen LogP contribution in [-0.2, 0) is 0 Å². The van der Waals surface area contributed by atoms with Crippen LogP contribution >= 0.6 is 0 Å². The molecule has 0 aliphatic carbocycles. The minimum atomic E-state index is 0.409. The molecule has 0 unspecified atom stereocenters. The zero-order valence-electron chi connectivity index (χ0n) is 15.8. The minimum absolute atomic E-state index is 0.409. The summed E-state index contributed by atoms with van der Waals surface area (Å²) in [6.45, 7) is 5.54. The van der Waals surface area contributed by atoms with E-state index in [1.807, 2.05) is 18.6 Å². The number of aromatic nitrogens is 3. The molecule has 4 heterocycles. The van der Waals surface area contributed by atoms with Gasteiger partial charge in [-0.15, -0.1) is 0 Å². The Balaban J connectivity index is 1.70. The molecule has 4 nitrogen and oxygen atoms in total. The van der Waals surface area contributed by atoms with Crippen molar-refractivity contribution in [2.24, 2.45) is 0 Å². The third-order valence-corrected chi connectivity index (χ3v) is 5.74. The Hall–Kier alpha value is -2.72. The lowest BCUT2D eigenvalue weighted by molar-refractivity contribution is 0.653. The lowest BCUT2D eigenvalue weighted by atomic mass is 9.93. The maximum absolute atomic E-state index is 4.68. The predicted molar refractivity (Wildman–Crippen MR) is 111 cm³/mol. The van der Waals surface area contributed by atoms with Gasteiger partial charge in [-0.2, -0.15) is 0 Å². The first kappa shape index (κ1) is 16.5. The van der Waals surface area contributed by atoms with Crippen molar-refractivity contribution >= 4 is 21.8 Å². The Labute approximate surface area is 159 Å². The average molecular weight is 356 g/mol. The molecule has 5 rings (SSSR count). The summed E-state index contributed by atoms with van der Waals surface area (Å²) in [5.41, 5.74) is 6.03. The fourth-order valence-electron chi connectivity index (χ4n) is 4.29. The van der Waals surface area contributed by atoms with Crippen molar-refractivity contribution in [3.8, 4) is 11.1 Å². The highest BCUT2D eigenvalue weighted by molar-refractivity contribution is 5.92. The van der Waals surface area contributed by atoms with Gasteiger partial charge in [0.15, 0.2) is 0 Å². The van der Waals surface area contributed by atoms with E-state index in [9.17, 15) is 0 Å². The van der Waals surface area contributed by atoms with Crippen LogP contribution in [0, 0.1) is 0 Å². The molecule has 0 amide bonds. The second kappa shape index (κ2) is 6.46. The van der Waals surface area contributed by atoms with Crippen LogP contribution < -0.4 is 5.32 Å². The van der Waals surface area contributed by atoms with Crippen LogP contribution in [0.5, 0.6) is 0 Å². The molecular weight excluding hydrogens is 332 g/mol. The minimum Gasteiger partial charge on any atom is -0.346 e. The molecule has 0 saturated carbocycles. The van der Waals surface area contributed by atoms with Gasteiger partial charge in [-0.25, -0.2) is 4.98 Å². The number of rotatable bonds is 3. The average Bonchev–Trinajstić information content (AvgIpc) is 3.36. The van der Waals surface area contributed by atoms with Crippen LogP contribution in [0.15, 0.2) is 49.1 Å². The molecule has 1 fully saturated rings. The Morgan fingerprint density at radius 3 is 2.81 bits per heavy atom. The van der Waals surface area contributed by atoms with Crippen molar-refractivity contribution < 1.29 is 0 Å². The molecule has 2 N–H and O–H groups in total. The number of aromatic amines is 1. The van der Waals surface area contributed by atoms with Gasteiger partial charge in [0.1, 0.15) is 5.65 Å². The fourth-order valence-corrected chi connectivity index (χ4v) is 4.29. The first-order valence-electron chi connectivity index (χ1n) is 9.79. The molecule has 1 aliphatic heterocycles. The first-order valence-corrected chi connectivity index (χ1v) is 9.79. The summed E-state index contributed by atoms with van der Waals surface area (Å²) in [6.07, 6.45) is 10.4. The van der Waals surface area contributed by atoms with E-state index in [4.69, 9.17) is 0 Å². The van der Waals surface area contributed by atoms with Gasteiger partial charge in [-0.3, -0.25) is 4.98 Å². The number of benzene rings is 1. The van der Waals surface area contributed by atoms with E-state index < -0.39 is 0 Å². The summed E-state index contributed by atoms with van der Waals surface area (Å²) in [4.78, 5) is 12.4. The molecule has 4 aromatic rings. The summed E-state index contributed by atoms with van der Waals surface area (Å²) in [5, 5.41) is 7.35. The Kier molecular flexibility index (Phi) is 3.94. The van der Waals surface area contributed by atoms with Crippen molar-refractivity contribution in [2.45, 2.75) is 38.6 Å². The quantitative estimate of drug-likeness (QED) is 0.522. The van der Waals surface area contributed by atoms with Crippen LogP contribution in [0.2, 0.25) is 0 Å². The number of H-pyrrole nitrogens is 1. The topological polar surface area (TPSA) is 53.6 Å². The van der Waals surface area contributed by atoms with E-state index in [1.54, 1.807) is 0 Å². The van der Waals surface area contributed by atoms with Gasteiger partial charge in [0, 0.05) is 47.2 Å². The second-order valence-electron chi connectivity index (χ2n) is 7.83. The van der Waals surface area contributed by atoms with Crippen molar-refractivity contribution in [3.63, 3.8) is 0 Å². The van der Waals surface area contributed by atoms with Crippen molar-refractivity contribution in [1.29, 1.82) is 0 Å². The normalized spacial score (nSPS) is 17.4. The summed E-state index contributed by atoms with van der Waals surface area (Å²) >= 11 is 0. The molecular formula is C23H24N4. The number of hydrogen-bond acceptors (Lipinski definition) is 3. The molecule has 1 saturated heterocycles. The molecule has 4 heteroatoms. The molecule has 0 bridgehead atoms.